The van der Waals surface area contributed by atoms with Gasteiger partial charge in [-0.15, -0.1) is 0 Å². The molecule has 8 nitrogen and oxygen atoms in total. The van der Waals surface area contributed by atoms with Gasteiger partial charge in [-0.2, -0.15) is 13.2 Å². The summed E-state index contributed by atoms with van der Waals surface area (Å²) in [5.74, 6) is 0. The molecule has 0 spiro atoms. The van der Waals surface area contributed by atoms with Gasteiger partial charge in [-0.1, -0.05) is 11.6 Å². The number of piperidine rings is 1. The zero-order chi connectivity index (χ0) is 30.8. The van der Waals surface area contributed by atoms with Crippen molar-refractivity contribution in [1.29, 1.82) is 0 Å². The third kappa shape index (κ3) is 13.4. The maximum absolute atomic E-state index is 13.1. The van der Waals surface area contributed by atoms with E-state index >= 15 is 0 Å². The number of aliphatic hydroxyl groups is 1. The number of alkyl halides is 3. The minimum absolute atomic E-state index is 0.0202. The number of anilines is 1. The SMILES string of the molecule is CCN=C(/C=C(/CNc1ccc(C=O)cc1Cl)C(C)OC)C(F)(F)F.CNCC1(CC=O)CCN(C)CC1.CO. The molecule has 1 unspecified atom stereocenters. The number of rotatable bonds is 12. The number of benzene rings is 1. The van der Waals surface area contributed by atoms with Crippen LogP contribution < -0.4 is 10.6 Å². The summed E-state index contributed by atoms with van der Waals surface area (Å²) in [5.41, 5.74) is 0.553. The largest absolute Gasteiger partial charge is 0.432 e. The molecule has 1 saturated heterocycles. The summed E-state index contributed by atoms with van der Waals surface area (Å²) in [5, 5.41) is 13.5. The Morgan fingerprint density at radius 1 is 1.27 bits per heavy atom. The first kappa shape index (κ1) is 37.7. The van der Waals surface area contributed by atoms with E-state index in [-0.39, 0.29) is 18.5 Å². The minimum Gasteiger partial charge on any atom is -0.400 e. The molecule has 1 aromatic carbocycles. The highest BCUT2D eigenvalue weighted by molar-refractivity contribution is 6.33. The second kappa shape index (κ2) is 19.7. The molecule has 40 heavy (non-hydrogen) atoms. The molecule has 0 amide bonds. The van der Waals surface area contributed by atoms with Crippen LogP contribution in [0.1, 0.15) is 43.5 Å². The van der Waals surface area contributed by atoms with Gasteiger partial charge < -0.3 is 30.2 Å². The van der Waals surface area contributed by atoms with Crippen molar-refractivity contribution in [1.82, 2.24) is 10.2 Å². The van der Waals surface area contributed by atoms with Gasteiger partial charge in [-0.3, -0.25) is 9.79 Å². The van der Waals surface area contributed by atoms with E-state index in [1.807, 2.05) is 7.05 Å². The van der Waals surface area contributed by atoms with Gasteiger partial charge in [0.1, 0.15) is 18.3 Å². The van der Waals surface area contributed by atoms with Gasteiger partial charge >= 0.3 is 6.18 Å². The smallest absolute Gasteiger partial charge is 0.400 e. The summed E-state index contributed by atoms with van der Waals surface area (Å²) in [6.07, 6.45) is 0.613. The zero-order valence-corrected chi connectivity index (χ0v) is 25.0. The van der Waals surface area contributed by atoms with E-state index in [1.54, 1.807) is 19.1 Å². The normalized spacial score (nSPS) is 16.6. The Hall–Kier alpha value is -2.31. The van der Waals surface area contributed by atoms with Gasteiger partial charge in [0.25, 0.3) is 0 Å². The molecule has 3 N–H and O–H groups in total. The average Bonchev–Trinajstić information content (AvgIpc) is 2.93. The van der Waals surface area contributed by atoms with Gasteiger partial charge in [-0.05, 0) is 89.1 Å². The summed E-state index contributed by atoms with van der Waals surface area (Å²) < 4.78 is 44.3. The van der Waals surface area contributed by atoms with E-state index in [1.165, 1.54) is 20.1 Å². The van der Waals surface area contributed by atoms with E-state index in [0.29, 0.717) is 34.6 Å². The summed E-state index contributed by atoms with van der Waals surface area (Å²) >= 11 is 6.06. The lowest BCUT2D eigenvalue weighted by Gasteiger charge is -2.39. The van der Waals surface area contributed by atoms with Crippen LogP contribution in [0.15, 0.2) is 34.8 Å². The zero-order valence-electron chi connectivity index (χ0n) is 24.3. The molecule has 0 aliphatic carbocycles. The van der Waals surface area contributed by atoms with Crippen molar-refractivity contribution in [2.75, 3.05) is 66.4 Å². The van der Waals surface area contributed by atoms with Crippen molar-refractivity contribution in [3.63, 3.8) is 0 Å². The maximum atomic E-state index is 13.1. The molecular formula is C28H44ClF3N4O4. The molecule has 1 atom stereocenters. The fourth-order valence-electron chi connectivity index (χ4n) is 4.07. The lowest BCUT2D eigenvalue weighted by atomic mass is 9.76. The second-order valence-corrected chi connectivity index (χ2v) is 9.78. The van der Waals surface area contributed by atoms with E-state index in [9.17, 15) is 22.8 Å². The molecule has 2 rings (SSSR count). The molecule has 0 radical (unpaired) electrons. The first-order valence-corrected chi connectivity index (χ1v) is 13.4. The number of halogens is 4. The standard InChI is InChI=1S/C17H20ClF3N2O2.C10H20N2O.CH4O/c1-4-22-16(17(19,20)21)8-13(11(2)25-3)9-23-15-6-5-12(10-24)7-14(15)18;1-11-9-10(5-8-13)3-6-12(2)7-4-10;1-2/h5-8,10-11,23H,4,9H2,1-3H3;8,11H,3-7,9H2,1-2H3;2H,1H3/b13-8-,22-16?;;. The first-order valence-electron chi connectivity index (χ1n) is 13.0. The van der Waals surface area contributed by atoms with E-state index in [2.05, 4.69) is 27.6 Å². The number of carbonyl (C=O) groups is 2. The van der Waals surface area contributed by atoms with Crippen molar-refractivity contribution >= 4 is 35.6 Å². The molecule has 1 fully saturated rings. The number of hydrogen-bond acceptors (Lipinski definition) is 8. The van der Waals surface area contributed by atoms with Gasteiger partial charge in [0.05, 0.1) is 16.8 Å². The number of nitrogens with one attached hydrogen (secondary N) is 2. The van der Waals surface area contributed by atoms with Crippen LogP contribution in [0.2, 0.25) is 5.02 Å². The summed E-state index contributed by atoms with van der Waals surface area (Å²) in [6, 6.07) is 4.62. The average molecular weight is 593 g/mol. The number of carbonyl (C=O) groups excluding carboxylic acids is 2. The Morgan fingerprint density at radius 3 is 2.35 bits per heavy atom. The molecular weight excluding hydrogens is 549 g/mol. The van der Waals surface area contributed by atoms with Crippen molar-refractivity contribution in [3.05, 3.63) is 40.4 Å². The Morgan fingerprint density at radius 2 is 1.90 bits per heavy atom. The third-order valence-electron chi connectivity index (χ3n) is 6.54. The Balaban J connectivity index is 0.000000848. The number of ether oxygens (including phenoxy) is 1. The molecule has 1 aromatic rings. The lowest BCUT2D eigenvalue weighted by Crippen LogP contribution is -2.43. The number of aliphatic hydroxyl groups excluding tert-OH is 1. The predicted molar refractivity (Wildman–Crippen MR) is 156 cm³/mol. The van der Waals surface area contributed by atoms with Crippen molar-refractivity contribution in [2.45, 2.75) is 45.4 Å². The summed E-state index contributed by atoms with van der Waals surface area (Å²) in [6.45, 7) is 6.49. The number of likely N-dealkylation sites (tertiary alicyclic amines) is 1. The topological polar surface area (TPSA) is 103 Å². The number of allylic oxidation sites excluding steroid dienone is 1. The van der Waals surface area contributed by atoms with Crippen LogP contribution in [0.4, 0.5) is 18.9 Å². The Labute approximate surface area is 241 Å². The predicted octanol–water partition coefficient (Wildman–Crippen LogP) is 4.66. The molecule has 228 valence electrons. The van der Waals surface area contributed by atoms with Crippen LogP contribution >= 0.6 is 11.6 Å². The van der Waals surface area contributed by atoms with Crippen molar-refractivity contribution < 1.29 is 32.6 Å². The van der Waals surface area contributed by atoms with Crippen LogP contribution in [0.25, 0.3) is 0 Å². The van der Waals surface area contributed by atoms with Gasteiger partial charge in [0.2, 0.25) is 0 Å². The van der Waals surface area contributed by atoms with Crippen LogP contribution in [-0.2, 0) is 9.53 Å². The quantitative estimate of drug-likeness (QED) is 0.239. The number of aldehydes is 2. The second-order valence-electron chi connectivity index (χ2n) is 9.37. The van der Waals surface area contributed by atoms with Gasteiger partial charge in [0, 0.05) is 45.8 Å². The highest BCUT2D eigenvalue weighted by atomic mass is 35.5. The van der Waals surface area contributed by atoms with Crippen molar-refractivity contribution in [2.24, 2.45) is 10.4 Å². The number of methoxy groups -OCH3 is 1. The number of aliphatic imine (C=N–C) groups is 1. The van der Waals surface area contributed by atoms with Crippen LogP contribution in [-0.4, -0.2) is 102 Å². The Bertz CT molecular complexity index is 950. The maximum Gasteiger partial charge on any atom is 0.432 e. The van der Waals surface area contributed by atoms with Gasteiger partial charge in [0.15, 0.2) is 0 Å². The van der Waals surface area contributed by atoms with E-state index in [0.717, 1.165) is 51.9 Å². The molecule has 0 aromatic heterocycles. The van der Waals surface area contributed by atoms with Gasteiger partial charge in [-0.25, -0.2) is 0 Å². The monoisotopic (exact) mass is 592 g/mol. The highest BCUT2D eigenvalue weighted by Crippen LogP contribution is 2.33. The molecule has 0 bridgehead atoms. The highest BCUT2D eigenvalue weighted by Gasteiger charge is 2.34. The summed E-state index contributed by atoms with van der Waals surface area (Å²) in [4.78, 5) is 27.2. The lowest BCUT2D eigenvalue weighted by molar-refractivity contribution is -0.110. The first-order chi connectivity index (χ1) is 18.9. The molecule has 1 aliphatic rings. The molecule has 0 saturated carbocycles. The fraction of sp³-hybridized carbons (Fsp3) is 0.607. The summed E-state index contributed by atoms with van der Waals surface area (Å²) in [7, 11) is 6.52. The molecule has 12 heteroatoms. The van der Waals surface area contributed by atoms with E-state index in [4.69, 9.17) is 21.4 Å². The van der Waals surface area contributed by atoms with E-state index < -0.39 is 18.0 Å². The minimum atomic E-state index is -4.54. The van der Waals surface area contributed by atoms with Crippen LogP contribution in [0.3, 0.4) is 0 Å². The Kier molecular flexibility index (Phi) is 18.6. The third-order valence-corrected chi connectivity index (χ3v) is 6.86. The number of nitrogens with zero attached hydrogens (tertiary/aromatic N) is 2. The van der Waals surface area contributed by atoms with Crippen LogP contribution in [0, 0.1) is 5.41 Å². The van der Waals surface area contributed by atoms with Crippen molar-refractivity contribution in [3.8, 4) is 0 Å². The van der Waals surface area contributed by atoms with Crippen LogP contribution in [0.5, 0.6) is 0 Å². The molecule has 1 aliphatic heterocycles. The number of hydrogen-bond donors (Lipinski definition) is 3. The molecule has 1 heterocycles. The fourth-order valence-corrected chi connectivity index (χ4v) is 4.33.